The third-order valence-electron chi connectivity index (χ3n) is 4.32. The van der Waals surface area contributed by atoms with Gasteiger partial charge in [-0.25, -0.2) is 14.3 Å². The summed E-state index contributed by atoms with van der Waals surface area (Å²) in [5.41, 5.74) is 8.83. The summed E-state index contributed by atoms with van der Waals surface area (Å²) < 4.78 is 28.7. The third kappa shape index (κ3) is 7.65. The molecule has 0 heterocycles. The Hall–Kier alpha value is -3.30. The molecular formula is C24H24BrF2N3O3. The number of primary amides is 1. The maximum Gasteiger partial charge on any atom is 0.277 e. The summed E-state index contributed by atoms with van der Waals surface area (Å²) in [6.07, 6.45) is 0.710. The van der Waals surface area contributed by atoms with Gasteiger partial charge in [-0.05, 0) is 61.4 Å². The van der Waals surface area contributed by atoms with Crippen LogP contribution in [-0.4, -0.2) is 18.4 Å². The molecule has 0 saturated heterocycles. The lowest BCUT2D eigenvalue weighted by molar-refractivity contribution is 0.0315. The number of anilines is 2. The van der Waals surface area contributed by atoms with Crippen LogP contribution < -0.4 is 16.5 Å². The Balaban J connectivity index is 0.000000357. The summed E-state index contributed by atoms with van der Waals surface area (Å²) in [4.78, 5) is 27.5. The van der Waals surface area contributed by atoms with Gasteiger partial charge in [0, 0.05) is 15.7 Å². The van der Waals surface area contributed by atoms with Crippen LogP contribution in [-0.2, 0) is 4.84 Å². The van der Waals surface area contributed by atoms with Gasteiger partial charge >= 0.3 is 0 Å². The van der Waals surface area contributed by atoms with Crippen LogP contribution in [0.2, 0.25) is 0 Å². The molecule has 2 amide bonds. The van der Waals surface area contributed by atoms with Gasteiger partial charge in [0.05, 0.1) is 17.9 Å². The van der Waals surface area contributed by atoms with Crippen molar-refractivity contribution < 1.29 is 23.2 Å². The minimum Gasteiger partial charge on any atom is -0.366 e. The molecule has 4 N–H and O–H groups in total. The van der Waals surface area contributed by atoms with Crippen LogP contribution in [0.25, 0.3) is 0 Å². The molecule has 0 aliphatic heterocycles. The molecule has 0 atom stereocenters. The van der Waals surface area contributed by atoms with Crippen LogP contribution >= 0.6 is 15.9 Å². The van der Waals surface area contributed by atoms with E-state index in [0.717, 1.165) is 16.1 Å². The standard InChI is InChI=1S/C17H17BrF2N2O2.C7H7NO/c1-3-8-24-22-17(23)12-5-6-13(19)15(20)16(12)21-14-7-4-11(18)9-10(14)2;8-7(9)6-4-2-1-3-5-6/h4-7,9,21H,3,8H2,1-2H3,(H,22,23);1-5H,(H2,8,9). The number of nitrogens with two attached hydrogens (primary N) is 1. The van der Waals surface area contributed by atoms with Crippen molar-refractivity contribution in [2.45, 2.75) is 20.3 Å². The fourth-order valence-electron chi connectivity index (χ4n) is 2.64. The molecule has 174 valence electrons. The van der Waals surface area contributed by atoms with Gasteiger partial charge in [0.1, 0.15) is 0 Å². The first-order valence-corrected chi connectivity index (χ1v) is 10.8. The van der Waals surface area contributed by atoms with Crippen molar-refractivity contribution >= 4 is 39.1 Å². The number of carbonyl (C=O) groups is 2. The maximum atomic E-state index is 14.2. The topological polar surface area (TPSA) is 93.4 Å². The van der Waals surface area contributed by atoms with Crippen LogP contribution in [0.1, 0.15) is 39.6 Å². The molecule has 0 fully saturated rings. The molecular weight excluding hydrogens is 496 g/mol. The van der Waals surface area contributed by atoms with Crippen LogP contribution in [0.4, 0.5) is 20.2 Å². The normalized spacial score (nSPS) is 10.1. The Bertz CT molecular complexity index is 1110. The summed E-state index contributed by atoms with van der Waals surface area (Å²) in [6, 6.07) is 16.2. The van der Waals surface area contributed by atoms with Gasteiger partial charge in [-0.15, -0.1) is 0 Å². The molecule has 6 nitrogen and oxygen atoms in total. The minimum atomic E-state index is -1.12. The Morgan fingerprint density at radius 3 is 2.33 bits per heavy atom. The van der Waals surface area contributed by atoms with Gasteiger partial charge in [-0.1, -0.05) is 41.1 Å². The summed E-state index contributed by atoms with van der Waals surface area (Å²) in [5.74, 6) is -3.20. The van der Waals surface area contributed by atoms with Crippen molar-refractivity contribution in [1.29, 1.82) is 0 Å². The van der Waals surface area contributed by atoms with Gasteiger partial charge in [-0.3, -0.25) is 14.4 Å². The summed E-state index contributed by atoms with van der Waals surface area (Å²) in [5, 5.41) is 2.80. The van der Waals surface area contributed by atoms with Crippen molar-refractivity contribution in [3.05, 3.63) is 93.5 Å². The van der Waals surface area contributed by atoms with Crippen LogP contribution in [0.15, 0.2) is 65.1 Å². The predicted octanol–water partition coefficient (Wildman–Crippen LogP) is 5.64. The fourth-order valence-corrected chi connectivity index (χ4v) is 3.12. The van der Waals surface area contributed by atoms with E-state index in [9.17, 15) is 18.4 Å². The number of carbonyl (C=O) groups excluding carboxylic acids is 2. The van der Waals surface area contributed by atoms with Crippen molar-refractivity contribution in [2.75, 3.05) is 11.9 Å². The summed E-state index contributed by atoms with van der Waals surface area (Å²) in [6.45, 7) is 4.02. The lowest BCUT2D eigenvalue weighted by Gasteiger charge is -2.15. The zero-order valence-corrected chi connectivity index (χ0v) is 19.7. The first-order chi connectivity index (χ1) is 15.7. The highest BCUT2D eigenvalue weighted by Crippen LogP contribution is 2.29. The molecule has 0 spiro atoms. The SMILES string of the molecule is CCCONC(=O)c1ccc(F)c(F)c1Nc1ccc(Br)cc1C.NC(=O)c1ccccc1. The van der Waals surface area contributed by atoms with Gasteiger partial charge in [-0.2, -0.15) is 0 Å². The van der Waals surface area contributed by atoms with Crippen molar-refractivity contribution in [3.8, 4) is 0 Å². The van der Waals surface area contributed by atoms with E-state index in [1.54, 1.807) is 36.4 Å². The molecule has 0 aromatic heterocycles. The van der Waals surface area contributed by atoms with E-state index >= 15 is 0 Å². The Kier molecular flexibility index (Phi) is 9.96. The smallest absolute Gasteiger partial charge is 0.277 e. The molecule has 0 aliphatic carbocycles. The summed E-state index contributed by atoms with van der Waals surface area (Å²) in [7, 11) is 0. The first kappa shape index (κ1) is 26.0. The van der Waals surface area contributed by atoms with E-state index in [4.69, 9.17) is 10.6 Å². The number of halogens is 3. The second-order valence-corrected chi connectivity index (χ2v) is 7.79. The average Bonchev–Trinajstić information content (AvgIpc) is 2.79. The number of rotatable bonds is 7. The number of aryl methyl sites for hydroxylation is 1. The lowest BCUT2D eigenvalue weighted by atomic mass is 10.1. The summed E-state index contributed by atoms with van der Waals surface area (Å²) >= 11 is 3.34. The quantitative estimate of drug-likeness (QED) is 0.278. The molecule has 33 heavy (non-hydrogen) atoms. The molecule has 0 radical (unpaired) electrons. The van der Waals surface area contributed by atoms with Crippen LogP contribution in [0, 0.1) is 18.6 Å². The van der Waals surface area contributed by atoms with Gasteiger partial charge in [0.2, 0.25) is 5.91 Å². The van der Waals surface area contributed by atoms with Crippen LogP contribution in [0.3, 0.4) is 0 Å². The third-order valence-corrected chi connectivity index (χ3v) is 4.81. The largest absolute Gasteiger partial charge is 0.366 e. The molecule has 0 saturated carbocycles. The van der Waals surface area contributed by atoms with Crippen LogP contribution in [0.5, 0.6) is 0 Å². The minimum absolute atomic E-state index is 0.0488. The molecule has 3 aromatic rings. The van der Waals surface area contributed by atoms with Crippen molar-refractivity contribution in [3.63, 3.8) is 0 Å². The number of benzene rings is 3. The highest BCUT2D eigenvalue weighted by atomic mass is 79.9. The van der Waals surface area contributed by atoms with Gasteiger partial charge in [0.25, 0.3) is 5.91 Å². The zero-order valence-electron chi connectivity index (χ0n) is 18.1. The van der Waals surface area contributed by atoms with E-state index < -0.39 is 17.5 Å². The fraction of sp³-hybridized carbons (Fsp3) is 0.167. The second kappa shape index (κ2) is 12.7. The van der Waals surface area contributed by atoms with E-state index in [2.05, 4.69) is 26.7 Å². The highest BCUT2D eigenvalue weighted by molar-refractivity contribution is 9.10. The van der Waals surface area contributed by atoms with Gasteiger partial charge in [0.15, 0.2) is 11.6 Å². The number of nitrogens with one attached hydrogen (secondary N) is 2. The highest BCUT2D eigenvalue weighted by Gasteiger charge is 2.19. The predicted molar refractivity (Wildman–Crippen MR) is 127 cm³/mol. The molecule has 0 aliphatic rings. The number of amides is 2. The molecule has 3 rings (SSSR count). The van der Waals surface area contributed by atoms with Gasteiger partial charge < -0.3 is 11.1 Å². The zero-order chi connectivity index (χ0) is 24.4. The Labute approximate surface area is 199 Å². The second-order valence-electron chi connectivity index (χ2n) is 6.88. The number of hydrogen-bond donors (Lipinski definition) is 3. The molecule has 0 bridgehead atoms. The Morgan fingerprint density at radius 2 is 1.76 bits per heavy atom. The van der Waals surface area contributed by atoms with Crippen molar-refractivity contribution in [1.82, 2.24) is 5.48 Å². The van der Waals surface area contributed by atoms with E-state index in [0.29, 0.717) is 24.3 Å². The lowest BCUT2D eigenvalue weighted by Crippen LogP contribution is -2.25. The number of hydrogen-bond acceptors (Lipinski definition) is 4. The molecule has 9 heteroatoms. The maximum absolute atomic E-state index is 14.2. The molecule has 0 unspecified atom stereocenters. The van der Waals surface area contributed by atoms with E-state index in [1.165, 1.54) is 6.07 Å². The number of hydroxylamine groups is 1. The molecule has 3 aromatic carbocycles. The average molecular weight is 520 g/mol. The van der Waals surface area contributed by atoms with Crippen molar-refractivity contribution in [2.24, 2.45) is 5.73 Å². The Morgan fingerprint density at radius 1 is 1.06 bits per heavy atom. The van der Waals surface area contributed by atoms with E-state index in [1.807, 2.05) is 26.0 Å². The van der Waals surface area contributed by atoms with E-state index in [-0.39, 0.29) is 17.2 Å². The first-order valence-electron chi connectivity index (χ1n) is 10.0. The monoisotopic (exact) mass is 519 g/mol.